The molecule has 2 aliphatic heterocycles. The average molecular weight is 500 g/mol. The van der Waals surface area contributed by atoms with Crippen molar-refractivity contribution in [3.8, 4) is 5.75 Å². The molecule has 0 atom stereocenters. The van der Waals surface area contributed by atoms with Crippen LogP contribution in [0.1, 0.15) is 47.1 Å². The van der Waals surface area contributed by atoms with Crippen molar-refractivity contribution in [3.63, 3.8) is 0 Å². The molecule has 2 aliphatic rings. The molecular formula is C27H37N3O2S2. The zero-order chi connectivity index (χ0) is 26.0. The molecule has 184 valence electrons. The Bertz CT molecular complexity index is 1020. The Balaban J connectivity index is 0.000000732. The van der Waals surface area contributed by atoms with E-state index in [4.69, 9.17) is 5.41 Å². The standard InChI is InChI=1S/C20H21N3O2S2.C4H10.C3H6/c1-5-13(6-2)11-23-18(25)17(27-20(23)21)19-22(4)16(12(3)26-19)14-8-7-9-15(24)10-14;1-4(2)3;1-3-2/h5-10,21,24H,1,11H2,2-4H3;4H,1-3H3;3H,1H2,2H3/b13-6+,19-17-,21-20?;;. The number of carbonyl (C=O) groups is 1. The summed E-state index contributed by atoms with van der Waals surface area (Å²) in [6.45, 7) is 19.7. The first-order chi connectivity index (χ1) is 16.0. The molecule has 0 saturated carbocycles. The molecule has 1 saturated heterocycles. The van der Waals surface area contributed by atoms with Crippen molar-refractivity contribution < 1.29 is 9.90 Å². The SMILES string of the molecule is C=C/C(=C\C)CN1C(=N)S/C(=C2\SC(C)=C(c3cccc(O)c3)N2C)C1=O.C=CC.CC(C)C. The number of amides is 1. The van der Waals surface area contributed by atoms with Crippen LogP contribution in [0, 0.1) is 11.3 Å². The number of benzene rings is 1. The molecule has 0 radical (unpaired) electrons. The smallest absolute Gasteiger partial charge is 0.269 e. The van der Waals surface area contributed by atoms with Crippen LogP contribution in [0.25, 0.3) is 5.70 Å². The summed E-state index contributed by atoms with van der Waals surface area (Å²) < 4.78 is 0. The van der Waals surface area contributed by atoms with Crippen LogP contribution < -0.4 is 0 Å². The summed E-state index contributed by atoms with van der Waals surface area (Å²) in [5.41, 5.74) is 2.75. The molecule has 3 rings (SSSR count). The minimum Gasteiger partial charge on any atom is -0.508 e. The van der Waals surface area contributed by atoms with Crippen molar-refractivity contribution in [2.24, 2.45) is 5.92 Å². The Hall–Kier alpha value is -2.64. The first kappa shape index (κ1) is 29.4. The minimum absolute atomic E-state index is 0.162. The largest absolute Gasteiger partial charge is 0.508 e. The van der Waals surface area contributed by atoms with E-state index in [0.29, 0.717) is 11.4 Å². The van der Waals surface area contributed by atoms with E-state index in [1.165, 1.54) is 28.4 Å². The molecule has 0 spiro atoms. The van der Waals surface area contributed by atoms with Crippen LogP contribution in [0.2, 0.25) is 0 Å². The molecule has 1 aromatic rings. The maximum Gasteiger partial charge on any atom is 0.269 e. The summed E-state index contributed by atoms with van der Waals surface area (Å²) in [6.07, 6.45) is 5.35. The maximum atomic E-state index is 13.0. The van der Waals surface area contributed by atoms with E-state index in [1.807, 2.05) is 44.9 Å². The van der Waals surface area contributed by atoms with E-state index in [9.17, 15) is 9.90 Å². The van der Waals surface area contributed by atoms with Gasteiger partial charge in [-0.1, -0.05) is 69.5 Å². The van der Waals surface area contributed by atoms with Crippen LogP contribution in [-0.2, 0) is 4.79 Å². The Morgan fingerprint density at radius 3 is 2.29 bits per heavy atom. The lowest BCUT2D eigenvalue weighted by molar-refractivity contribution is -0.122. The lowest BCUT2D eigenvalue weighted by Gasteiger charge is -2.19. The predicted octanol–water partition coefficient (Wildman–Crippen LogP) is 7.43. The van der Waals surface area contributed by atoms with Crippen molar-refractivity contribution in [1.29, 1.82) is 5.41 Å². The van der Waals surface area contributed by atoms with Crippen LogP contribution >= 0.6 is 23.5 Å². The fourth-order valence-corrected chi connectivity index (χ4v) is 5.17. The maximum absolute atomic E-state index is 13.0. The number of nitrogens with zero attached hydrogens (tertiary/aromatic N) is 2. The summed E-state index contributed by atoms with van der Waals surface area (Å²) in [7, 11) is 1.91. The third-order valence-electron chi connectivity index (χ3n) is 4.39. The van der Waals surface area contributed by atoms with Gasteiger partial charge in [0.15, 0.2) is 5.17 Å². The molecule has 1 fully saturated rings. The average Bonchev–Trinajstić information content (AvgIpc) is 3.20. The predicted molar refractivity (Wildman–Crippen MR) is 150 cm³/mol. The number of amidine groups is 1. The summed E-state index contributed by atoms with van der Waals surface area (Å²) >= 11 is 2.71. The molecule has 5 nitrogen and oxygen atoms in total. The van der Waals surface area contributed by atoms with E-state index in [1.54, 1.807) is 30.4 Å². The van der Waals surface area contributed by atoms with E-state index >= 15 is 0 Å². The number of nitrogens with one attached hydrogen (secondary N) is 1. The van der Waals surface area contributed by atoms with E-state index in [0.717, 1.165) is 32.7 Å². The first-order valence-electron chi connectivity index (χ1n) is 11.1. The summed E-state index contributed by atoms with van der Waals surface area (Å²) in [6, 6.07) is 7.08. The van der Waals surface area contributed by atoms with Gasteiger partial charge in [0.1, 0.15) is 10.7 Å². The summed E-state index contributed by atoms with van der Waals surface area (Å²) in [5, 5.41) is 19.1. The molecule has 34 heavy (non-hydrogen) atoms. The van der Waals surface area contributed by atoms with Gasteiger partial charge in [-0.25, -0.2) is 0 Å². The number of thioether (sulfide) groups is 2. The summed E-state index contributed by atoms with van der Waals surface area (Å²) in [5.74, 6) is 0.875. The number of aromatic hydroxyl groups is 1. The molecule has 1 aromatic carbocycles. The van der Waals surface area contributed by atoms with Gasteiger partial charge in [-0.05, 0) is 56.2 Å². The van der Waals surface area contributed by atoms with Gasteiger partial charge in [-0.15, -0.1) is 6.58 Å². The van der Waals surface area contributed by atoms with Gasteiger partial charge < -0.3 is 10.0 Å². The number of allylic oxidation sites excluding steroid dienone is 3. The van der Waals surface area contributed by atoms with Crippen molar-refractivity contribution in [2.75, 3.05) is 13.6 Å². The van der Waals surface area contributed by atoms with Crippen LogP contribution in [0.4, 0.5) is 0 Å². The fraction of sp³-hybridized carbons (Fsp3) is 0.333. The number of hydrogen-bond acceptors (Lipinski definition) is 6. The highest BCUT2D eigenvalue weighted by Crippen LogP contribution is 2.49. The van der Waals surface area contributed by atoms with Crippen LogP contribution in [0.15, 0.2) is 76.1 Å². The molecule has 0 aromatic heterocycles. The minimum atomic E-state index is -0.162. The Morgan fingerprint density at radius 2 is 1.79 bits per heavy atom. The third-order valence-corrected chi connectivity index (χ3v) is 6.68. The third kappa shape index (κ3) is 7.71. The number of carbonyl (C=O) groups excluding carboxylic acids is 1. The fourth-order valence-electron chi connectivity index (χ4n) is 2.99. The zero-order valence-electron chi connectivity index (χ0n) is 21.3. The molecule has 2 heterocycles. The second-order valence-corrected chi connectivity index (χ2v) is 10.5. The molecule has 2 N–H and O–H groups in total. The highest BCUT2D eigenvalue weighted by Gasteiger charge is 2.38. The monoisotopic (exact) mass is 499 g/mol. The van der Waals surface area contributed by atoms with Gasteiger partial charge in [-0.3, -0.25) is 15.1 Å². The molecule has 0 unspecified atom stereocenters. The van der Waals surface area contributed by atoms with Gasteiger partial charge in [0.25, 0.3) is 5.91 Å². The van der Waals surface area contributed by atoms with Crippen LogP contribution in [0.5, 0.6) is 5.75 Å². The van der Waals surface area contributed by atoms with Crippen molar-refractivity contribution in [3.05, 3.63) is 81.6 Å². The highest BCUT2D eigenvalue weighted by atomic mass is 32.2. The van der Waals surface area contributed by atoms with Gasteiger partial charge >= 0.3 is 0 Å². The lowest BCUT2D eigenvalue weighted by atomic mass is 10.1. The number of hydrogen-bond donors (Lipinski definition) is 2. The Kier molecular flexibility index (Phi) is 12.0. The highest BCUT2D eigenvalue weighted by molar-refractivity contribution is 8.19. The molecule has 7 heteroatoms. The first-order valence-corrected chi connectivity index (χ1v) is 12.7. The van der Waals surface area contributed by atoms with Crippen LogP contribution in [-0.4, -0.2) is 39.6 Å². The molecule has 0 aliphatic carbocycles. The Morgan fingerprint density at radius 1 is 1.21 bits per heavy atom. The van der Waals surface area contributed by atoms with E-state index < -0.39 is 0 Å². The van der Waals surface area contributed by atoms with Crippen molar-refractivity contribution >= 4 is 40.3 Å². The topological polar surface area (TPSA) is 67.6 Å². The normalized spacial score (nSPS) is 18.1. The molecule has 0 bridgehead atoms. The Labute approximate surface area is 213 Å². The zero-order valence-corrected chi connectivity index (χ0v) is 22.9. The van der Waals surface area contributed by atoms with Crippen molar-refractivity contribution in [1.82, 2.24) is 9.80 Å². The lowest BCUT2D eigenvalue weighted by Crippen LogP contribution is -2.30. The second-order valence-electron chi connectivity index (χ2n) is 8.26. The number of phenolic OH excluding ortho intramolecular Hbond substituents is 1. The number of phenols is 1. The summed E-state index contributed by atoms with van der Waals surface area (Å²) in [4.78, 5) is 18.0. The van der Waals surface area contributed by atoms with Gasteiger partial charge in [-0.2, -0.15) is 0 Å². The second kappa shape index (κ2) is 13.9. The molecular weight excluding hydrogens is 462 g/mol. The van der Waals surface area contributed by atoms with Crippen molar-refractivity contribution in [2.45, 2.75) is 41.5 Å². The number of rotatable bonds is 4. The van der Waals surface area contributed by atoms with Gasteiger partial charge in [0.05, 0.1) is 17.3 Å². The van der Waals surface area contributed by atoms with Gasteiger partial charge in [0.2, 0.25) is 0 Å². The van der Waals surface area contributed by atoms with Gasteiger partial charge in [0, 0.05) is 17.5 Å². The van der Waals surface area contributed by atoms with E-state index in [2.05, 4.69) is 33.9 Å². The molecule has 1 amide bonds. The van der Waals surface area contributed by atoms with Crippen LogP contribution in [0.3, 0.4) is 0 Å². The quantitative estimate of drug-likeness (QED) is 0.256. The van der Waals surface area contributed by atoms with E-state index in [-0.39, 0.29) is 16.8 Å².